The number of methoxy groups -OCH3 is 2. The SMILES string of the molecule is COc1ccc(CNC(=O)c2cc([N+](=O)[O-])ccc2NC2CCC(N=C(N)N)CC2)cc1OC. The Labute approximate surface area is 197 Å². The van der Waals surface area contributed by atoms with E-state index in [0.29, 0.717) is 17.2 Å². The third-order valence-electron chi connectivity index (χ3n) is 5.75. The largest absolute Gasteiger partial charge is 0.493 e. The zero-order valence-corrected chi connectivity index (χ0v) is 19.2. The van der Waals surface area contributed by atoms with Gasteiger partial charge < -0.3 is 31.6 Å². The number of carbonyl (C=O) groups excluding carboxylic acids is 1. The third kappa shape index (κ3) is 6.27. The summed E-state index contributed by atoms with van der Waals surface area (Å²) in [5.41, 5.74) is 12.3. The standard InChI is InChI=1S/C23H30N6O5/c1-33-20-10-3-14(11-21(20)34-2)13-26-22(30)18-12-17(29(31)32)8-9-19(18)27-15-4-6-16(7-5-15)28-23(24)25/h3,8-12,15-16,27H,4-7,13H2,1-2H3,(H,26,30)(H4,24,25,28). The van der Waals surface area contributed by atoms with Crippen molar-refractivity contribution in [3.05, 3.63) is 57.6 Å². The minimum Gasteiger partial charge on any atom is -0.493 e. The van der Waals surface area contributed by atoms with Crippen LogP contribution in [0.5, 0.6) is 11.5 Å². The first-order valence-electron chi connectivity index (χ1n) is 10.9. The first-order valence-corrected chi connectivity index (χ1v) is 10.9. The van der Waals surface area contributed by atoms with Gasteiger partial charge in [0.15, 0.2) is 17.5 Å². The normalized spacial score (nSPS) is 17.4. The van der Waals surface area contributed by atoms with Gasteiger partial charge in [0.2, 0.25) is 0 Å². The molecule has 2 aromatic carbocycles. The van der Waals surface area contributed by atoms with Crippen LogP contribution in [0.15, 0.2) is 41.4 Å². The molecular weight excluding hydrogens is 440 g/mol. The second kappa shape index (κ2) is 11.2. The van der Waals surface area contributed by atoms with Gasteiger partial charge in [0, 0.05) is 30.4 Å². The van der Waals surface area contributed by atoms with Gasteiger partial charge in [0.1, 0.15) is 0 Å². The second-order valence-corrected chi connectivity index (χ2v) is 8.06. The van der Waals surface area contributed by atoms with Crippen molar-refractivity contribution in [2.45, 2.75) is 44.3 Å². The Balaban J connectivity index is 1.73. The molecule has 1 aliphatic carbocycles. The average Bonchev–Trinajstić information content (AvgIpc) is 2.83. The topological polar surface area (TPSA) is 167 Å². The molecule has 0 spiro atoms. The molecular formula is C23H30N6O5. The molecule has 1 saturated carbocycles. The van der Waals surface area contributed by atoms with Crippen molar-refractivity contribution in [2.24, 2.45) is 16.5 Å². The minimum atomic E-state index is -0.519. The van der Waals surface area contributed by atoms with Crippen LogP contribution in [0.1, 0.15) is 41.6 Å². The number of carbonyl (C=O) groups is 1. The summed E-state index contributed by atoms with van der Waals surface area (Å²) in [7, 11) is 3.08. The van der Waals surface area contributed by atoms with Gasteiger partial charge in [-0.05, 0) is 49.4 Å². The molecule has 0 unspecified atom stereocenters. The van der Waals surface area contributed by atoms with Crippen molar-refractivity contribution < 1.29 is 19.2 Å². The van der Waals surface area contributed by atoms with E-state index in [1.54, 1.807) is 25.3 Å². The fraction of sp³-hybridized carbons (Fsp3) is 0.391. The lowest BCUT2D eigenvalue weighted by atomic mass is 9.91. The van der Waals surface area contributed by atoms with Gasteiger partial charge in [-0.1, -0.05) is 6.07 Å². The first-order chi connectivity index (χ1) is 16.3. The number of non-ortho nitro benzene ring substituents is 1. The predicted molar refractivity (Wildman–Crippen MR) is 129 cm³/mol. The number of benzene rings is 2. The van der Waals surface area contributed by atoms with Crippen LogP contribution in [0.2, 0.25) is 0 Å². The number of nitrogens with one attached hydrogen (secondary N) is 2. The molecule has 0 aromatic heterocycles. The summed E-state index contributed by atoms with van der Waals surface area (Å²) in [6.07, 6.45) is 3.24. The maximum atomic E-state index is 13.0. The zero-order valence-electron chi connectivity index (χ0n) is 19.2. The van der Waals surface area contributed by atoms with Gasteiger partial charge in [0.25, 0.3) is 11.6 Å². The van der Waals surface area contributed by atoms with E-state index in [0.717, 1.165) is 31.2 Å². The Kier molecular flexibility index (Phi) is 8.12. The van der Waals surface area contributed by atoms with Crippen LogP contribution >= 0.6 is 0 Å². The number of hydrogen-bond donors (Lipinski definition) is 4. The first kappa shape index (κ1) is 24.6. The molecule has 3 rings (SSSR count). The molecule has 0 radical (unpaired) electrons. The van der Waals surface area contributed by atoms with Crippen molar-refractivity contribution in [3.63, 3.8) is 0 Å². The summed E-state index contributed by atoms with van der Waals surface area (Å²) < 4.78 is 10.5. The Hall–Kier alpha value is -4.02. The number of nitrogens with two attached hydrogens (primary N) is 2. The number of aliphatic imine (C=N–C) groups is 1. The Morgan fingerprint density at radius 2 is 1.79 bits per heavy atom. The molecule has 0 atom stereocenters. The Bertz CT molecular complexity index is 1060. The lowest BCUT2D eigenvalue weighted by molar-refractivity contribution is -0.384. The molecule has 0 heterocycles. The van der Waals surface area contributed by atoms with Crippen molar-refractivity contribution in [1.82, 2.24) is 5.32 Å². The predicted octanol–water partition coefficient (Wildman–Crippen LogP) is 2.54. The summed E-state index contributed by atoms with van der Waals surface area (Å²) in [4.78, 5) is 28.0. The van der Waals surface area contributed by atoms with Gasteiger partial charge in [-0.15, -0.1) is 0 Å². The molecule has 1 fully saturated rings. The van der Waals surface area contributed by atoms with Crippen LogP contribution in [0.25, 0.3) is 0 Å². The Morgan fingerprint density at radius 3 is 2.41 bits per heavy atom. The quantitative estimate of drug-likeness (QED) is 0.188. The van der Waals surface area contributed by atoms with Crippen molar-refractivity contribution in [2.75, 3.05) is 19.5 Å². The number of rotatable bonds is 9. The van der Waals surface area contributed by atoms with Crippen LogP contribution in [0, 0.1) is 10.1 Å². The van der Waals surface area contributed by atoms with E-state index in [2.05, 4.69) is 15.6 Å². The zero-order chi connectivity index (χ0) is 24.7. The molecule has 0 saturated heterocycles. The van der Waals surface area contributed by atoms with Crippen LogP contribution in [0.4, 0.5) is 11.4 Å². The number of amides is 1. The fourth-order valence-electron chi connectivity index (χ4n) is 4.01. The van der Waals surface area contributed by atoms with Crippen molar-refractivity contribution >= 4 is 23.2 Å². The van der Waals surface area contributed by atoms with Crippen LogP contribution in [0.3, 0.4) is 0 Å². The summed E-state index contributed by atoms with van der Waals surface area (Å²) >= 11 is 0. The van der Waals surface area contributed by atoms with Crippen molar-refractivity contribution in [1.29, 1.82) is 0 Å². The lowest BCUT2D eigenvalue weighted by Gasteiger charge is -2.28. The highest BCUT2D eigenvalue weighted by Gasteiger charge is 2.23. The van der Waals surface area contributed by atoms with Crippen LogP contribution in [-0.4, -0.2) is 43.1 Å². The van der Waals surface area contributed by atoms with E-state index in [4.69, 9.17) is 20.9 Å². The van der Waals surface area contributed by atoms with Gasteiger partial charge >= 0.3 is 0 Å². The van der Waals surface area contributed by atoms with Gasteiger partial charge in [0.05, 0.1) is 30.7 Å². The molecule has 2 aromatic rings. The monoisotopic (exact) mass is 470 g/mol. The summed E-state index contributed by atoms with van der Waals surface area (Å²) in [6.45, 7) is 0.213. The molecule has 1 aliphatic rings. The number of nitro benzene ring substituents is 1. The average molecular weight is 471 g/mol. The molecule has 11 nitrogen and oxygen atoms in total. The van der Waals surface area contributed by atoms with E-state index in [1.807, 2.05) is 6.07 Å². The second-order valence-electron chi connectivity index (χ2n) is 8.06. The summed E-state index contributed by atoms with van der Waals surface area (Å²) in [5.74, 6) is 0.788. The molecule has 6 N–H and O–H groups in total. The maximum Gasteiger partial charge on any atom is 0.270 e. The van der Waals surface area contributed by atoms with Crippen LogP contribution < -0.4 is 31.6 Å². The minimum absolute atomic E-state index is 0.0835. The number of anilines is 1. The number of nitrogens with zero attached hydrogens (tertiary/aromatic N) is 2. The molecule has 0 aliphatic heterocycles. The van der Waals surface area contributed by atoms with E-state index in [9.17, 15) is 14.9 Å². The number of hydrogen-bond acceptors (Lipinski definition) is 7. The number of ether oxygens (including phenoxy) is 2. The van der Waals surface area contributed by atoms with E-state index in [-0.39, 0.29) is 35.8 Å². The maximum absolute atomic E-state index is 13.0. The number of guanidine groups is 1. The molecule has 182 valence electrons. The molecule has 11 heteroatoms. The van der Waals surface area contributed by atoms with Crippen LogP contribution in [-0.2, 0) is 6.54 Å². The fourth-order valence-corrected chi connectivity index (χ4v) is 4.01. The number of nitro groups is 1. The van der Waals surface area contributed by atoms with Gasteiger partial charge in [-0.2, -0.15) is 0 Å². The molecule has 1 amide bonds. The lowest BCUT2D eigenvalue weighted by Crippen LogP contribution is -2.32. The van der Waals surface area contributed by atoms with Gasteiger partial charge in [-0.3, -0.25) is 19.9 Å². The van der Waals surface area contributed by atoms with E-state index in [1.165, 1.54) is 19.2 Å². The molecule has 0 bridgehead atoms. The Morgan fingerprint density at radius 1 is 1.09 bits per heavy atom. The van der Waals surface area contributed by atoms with E-state index >= 15 is 0 Å². The summed E-state index contributed by atoms with van der Waals surface area (Å²) in [5, 5.41) is 17.5. The van der Waals surface area contributed by atoms with E-state index < -0.39 is 10.8 Å². The third-order valence-corrected chi connectivity index (χ3v) is 5.75. The smallest absolute Gasteiger partial charge is 0.270 e. The highest BCUT2D eigenvalue weighted by molar-refractivity contribution is 6.00. The van der Waals surface area contributed by atoms with Crippen molar-refractivity contribution in [3.8, 4) is 11.5 Å². The molecule has 34 heavy (non-hydrogen) atoms. The summed E-state index contributed by atoms with van der Waals surface area (Å²) in [6, 6.07) is 9.76. The van der Waals surface area contributed by atoms with Gasteiger partial charge in [-0.25, -0.2) is 0 Å². The highest BCUT2D eigenvalue weighted by Crippen LogP contribution is 2.29. The highest BCUT2D eigenvalue weighted by atomic mass is 16.6.